The molecular formula is C18H13NO4. The van der Waals surface area contributed by atoms with Crippen molar-refractivity contribution < 1.29 is 19.0 Å². The monoisotopic (exact) mass is 307 g/mol. The van der Waals surface area contributed by atoms with Crippen LogP contribution in [0, 0.1) is 11.3 Å². The number of fused-ring (bicyclic) bond motifs is 1. The average Bonchev–Trinajstić information content (AvgIpc) is 3.07. The number of Topliss-reactive ketones (excluding diaryl/α,β-unsaturated/α-hetero) is 1. The molecule has 0 spiro atoms. The maximum Gasteiger partial charge on any atom is 0.231 e. The van der Waals surface area contributed by atoms with Gasteiger partial charge < -0.3 is 14.2 Å². The lowest BCUT2D eigenvalue weighted by Crippen LogP contribution is -2.02. The molecule has 1 heterocycles. The summed E-state index contributed by atoms with van der Waals surface area (Å²) in [6.07, 6.45) is 1.52. The molecule has 0 unspecified atom stereocenters. The van der Waals surface area contributed by atoms with Gasteiger partial charge >= 0.3 is 0 Å². The number of nitrogens with zero attached hydrogens (tertiary/aromatic N) is 1. The van der Waals surface area contributed by atoms with Gasteiger partial charge in [0.2, 0.25) is 12.6 Å². The van der Waals surface area contributed by atoms with Gasteiger partial charge in [-0.1, -0.05) is 18.2 Å². The Morgan fingerprint density at radius 3 is 2.78 bits per heavy atom. The predicted molar refractivity (Wildman–Crippen MR) is 83.5 cm³/mol. The van der Waals surface area contributed by atoms with Crippen LogP contribution >= 0.6 is 0 Å². The van der Waals surface area contributed by atoms with Crippen LogP contribution in [0.3, 0.4) is 0 Å². The quantitative estimate of drug-likeness (QED) is 0.493. The normalized spacial score (nSPS) is 12.6. The maximum absolute atomic E-state index is 12.6. The Hall–Kier alpha value is -3.26. The molecule has 5 heteroatoms. The van der Waals surface area contributed by atoms with Crippen LogP contribution in [0.5, 0.6) is 17.2 Å². The molecule has 0 fully saturated rings. The van der Waals surface area contributed by atoms with Gasteiger partial charge in [-0.25, -0.2) is 0 Å². The van der Waals surface area contributed by atoms with E-state index in [9.17, 15) is 10.1 Å². The Morgan fingerprint density at radius 1 is 1.22 bits per heavy atom. The Bertz CT molecular complexity index is 833. The second-order valence-corrected chi connectivity index (χ2v) is 4.81. The van der Waals surface area contributed by atoms with E-state index in [1.165, 1.54) is 6.08 Å². The number of ketones is 1. The van der Waals surface area contributed by atoms with Crippen molar-refractivity contribution in [2.24, 2.45) is 0 Å². The molecule has 23 heavy (non-hydrogen) atoms. The van der Waals surface area contributed by atoms with E-state index in [2.05, 4.69) is 0 Å². The molecule has 2 aromatic carbocycles. The van der Waals surface area contributed by atoms with Gasteiger partial charge in [0, 0.05) is 11.1 Å². The lowest BCUT2D eigenvalue weighted by molar-refractivity contribution is 0.103. The minimum Gasteiger partial charge on any atom is -0.496 e. The van der Waals surface area contributed by atoms with E-state index in [4.69, 9.17) is 14.2 Å². The molecule has 1 aliphatic heterocycles. The highest BCUT2D eigenvalue weighted by Crippen LogP contribution is 2.33. The van der Waals surface area contributed by atoms with E-state index in [-0.39, 0.29) is 18.1 Å². The van der Waals surface area contributed by atoms with E-state index < -0.39 is 0 Å². The number of benzene rings is 2. The van der Waals surface area contributed by atoms with Crippen LogP contribution in [0.4, 0.5) is 0 Å². The Labute approximate surface area is 133 Å². The number of methoxy groups -OCH3 is 1. The Kier molecular flexibility index (Phi) is 3.98. The first-order chi connectivity index (χ1) is 11.2. The summed E-state index contributed by atoms with van der Waals surface area (Å²) in [7, 11) is 1.54. The largest absolute Gasteiger partial charge is 0.496 e. The molecule has 0 aliphatic carbocycles. The Morgan fingerprint density at radius 2 is 2.00 bits per heavy atom. The third kappa shape index (κ3) is 2.87. The zero-order valence-corrected chi connectivity index (χ0v) is 12.4. The molecule has 2 aromatic rings. The number of allylic oxidation sites excluding steroid dienone is 1. The fourth-order valence-electron chi connectivity index (χ4n) is 2.28. The molecule has 1 aliphatic rings. The third-order valence-corrected chi connectivity index (χ3v) is 3.44. The predicted octanol–water partition coefficient (Wildman–Crippen LogP) is 3.21. The van der Waals surface area contributed by atoms with E-state index in [0.717, 1.165) is 0 Å². The maximum atomic E-state index is 12.6. The number of carbonyl (C=O) groups excluding carboxylic acids is 1. The first kappa shape index (κ1) is 14.7. The molecule has 114 valence electrons. The molecule has 0 saturated heterocycles. The summed E-state index contributed by atoms with van der Waals surface area (Å²) in [5, 5.41) is 9.34. The fraction of sp³-hybridized carbons (Fsp3) is 0.111. The van der Waals surface area contributed by atoms with Crippen LogP contribution in [0.25, 0.3) is 6.08 Å². The van der Waals surface area contributed by atoms with Crippen LogP contribution < -0.4 is 14.2 Å². The minimum atomic E-state index is -0.378. The highest BCUT2D eigenvalue weighted by Gasteiger charge is 2.19. The summed E-state index contributed by atoms with van der Waals surface area (Å²) in [5.41, 5.74) is 1.06. The molecule has 5 nitrogen and oxygen atoms in total. The standard InChI is InChI=1S/C18H13NO4/c1-21-15-5-3-2-4-12(15)8-14(10-19)18(20)13-6-7-16-17(9-13)23-11-22-16/h2-9H,11H2,1H3. The zero-order chi connectivity index (χ0) is 16.2. The van der Waals surface area contributed by atoms with Crippen molar-refractivity contribution in [3.63, 3.8) is 0 Å². The molecule has 0 amide bonds. The van der Waals surface area contributed by atoms with Gasteiger partial charge in [-0.05, 0) is 30.3 Å². The highest BCUT2D eigenvalue weighted by molar-refractivity contribution is 6.14. The number of ether oxygens (including phenoxy) is 3. The van der Waals surface area contributed by atoms with E-state index in [0.29, 0.717) is 28.4 Å². The van der Waals surface area contributed by atoms with Crippen LogP contribution in [0.2, 0.25) is 0 Å². The van der Waals surface area contributed by atoms with Crippen molar-refractivity contribution in [2.45, 2.75) is 0 Å². The first-order valence-corrected chi connectivity index (χ1v) is 6.92. The number of rotatable bonds is 4. The van der Waals surface area contributed by atoms with Crippen molar-refractivity contribution >= 4 is 11.9 Å². The highest BCUT2D eigenvalue weighted by atomic mass is 16.7. The summed E-state index contributed by atoms with van der Waals surface area (Å²) in [4.78, 5) is 12.6. The zero-order valence-electron chi connectivity index (χ0n) is 12.4. The first-order valence-electron chi connectivity index (χ1n) is 6.92. The summed E-state index contributed by atoms with van der Waals surface area (Å²) < 4.78 is 15.7. The van der Waals surface area contributed by atoms with Crippen LogP contribution in [-0.4, -0.2) is 19.7 Å². The van der Waals surface area contributed by atoms with E-state index in [1.54, 1.807) is 37.4 Å². The number of hydrogen-bond acceptors (Lipinski definition) is 5. The number of para-hydroxylation sites is 1. The summed E-state index contributed by atoms with van der Waals surface area (Å²) in [5.74, 6) is 1.31. The third-order valence-electron chi connectivity index (χ3n) is 3.44. The molecule has 0 radical (unpaired) electrons. The molecule has 0 saturated carbocycles. The Balaban J connectivity index is 1.96. The lowest BCUT2D eigenvalue weighted by atomic mass is 10.0. The SMILES string of the molecule is COc1ccccc1C=C(C#N)C(=O)c1ccc2c(c1)OCO2. The molecule has 0 N–H and O–H groups in total. The van der Waals surface area contributed by atoms with Crippen molar-refractivity contribution in [1.82, 2.24) is 0 Å². The second kappa shape index (κ2) is 6.24. The molecule has 0 bridgehead atoms. The lowest BCUT2D eigenvalue weighted by Gasteiger charge is -2.05. The van der Waals surface area contributed by atoms with Crippen molar-refractivity contribution in [1.29, 1.82) is 5.26 Å². The second-order valence-electron chi connectivity index (χ2n) is 4.81. The van der Waals surface area contributed by atoms with Crippen LogP contribution in [0.15, 0.2) is 48.0 Å². The minimum absolute atomic E-state index is 0.0216. The number of hydrogen-bond donors (Lipinski definition) is 0. The molecule has 0 atom stereocenters. The van der Waals surface area contributed by atoms with Crippen LogP contribution in [-0.2, 0) is 0 Å². The fourth-order valence-corrected chi connectivity index (χ4v) is 2.28. The van der Waals surface area contributed by atoms with Crippen molar-refractivity contribution in [2.75, 3.05) is 13.9 Å². The number of nitriles is 1. The molecule has 3 rings (SSSR count). The van der Waals surface area contributed by atoms with E-state index >= 15 is 0 Å². The van der Waals surface area contributed by atoms with Gasteiger partial charge in [0.15, 0.2) is 11.5 Å². The summed E-state index contributed by atoms with van der Waals surface area (Å²) in [6.45, 7) is 0.134. The van der Waals surface area contributed by atoms with Gasteiger partial charge in [-0.3, -0.25) is 4.79 Å². The van der Waals surface area contributed by atoms with Gasteiger partial charge in [0.1, 0.15) is 17.4 Å². The average molecular weight is 307 g/mol. The summed E-state index contributed by atoms with van der Waals surface area (Å²) >= 11 is 0. The van der Waals surface area contributed by atoms with Gasteiger partial charge in [-0.15, -0.1) is 0 Å². The smallest absolute Gasteiger partial charge is 0.231 e. The van der Waals surface area contributed by atoms with Crippen molar-refractivity contribution in [3.8, 4) is 23.3 Å². The van der Waals surface area contributed by atoms with E-state index in [1.807, 2.05) is 18.2 Å². The topological polar surface area (TPSA) is 68.5 Å². The number of carbonyl (C=O) groups is 1. The summed E-state index contributed by atoms with van der Waals surface area (Å²) in [6, 6.07) is 14.0. The van der Waals surface area contributed by atoms with Gasteiger partial charge in [-0.2, -0.15) is 5.26 Å². The molecular weight excluding hydrogens is 294 g/mol. The van der Waals surface area contributed by atoms with Crippen molar-refractivity contribution in [3.05, 3.63) is 59.2 Å². The van der Waals surface area contributed by atoms with Gasteiger partial charge in [0.05, 0.1) is 7.11 Å². The van der Waals surface area contributed by atoms with Gasteiger partial charge in [0.25, 0.3) is 0 Å². The van der Waals surface area contributed by atoms with Crippen LogP contribution in [0.1, 0.15) is 15.9 Å². The molecule has 0 aromatic heterocycles.